The van der Waals surface area contributed by atoms with Crippen molar-refractivity contribution in [2.45, 2.75) is 6.42 Å². The Bertz CT molecular complexity index is 752. The minimum Gasteiger partial charge on any atom is -0.250 e. The molecule has 3 rings (SSSR count). The van der Waals surface area contributed by atoms with E-state index in [4.69, 9.17) is 11.6 Å². The standard InChI is InChI=1S/C14H11BrClN3/c1-19-14-12(7-10(15)8-17-14)13(18-19)6-9-3-2-4-11(16)5-9/h2-5,7-8H,6H2,1H3. The molecule has 0 aliphatic heterocycles. The van der Waals surface area contributed by atoms with E-state index in [1.165, 1.54) is 0 Å². The summed E-state index contributed by atoms with van der Waals surface area (Å²) in [4.78, 5) is 4.39. The molecule has 1 aromatic carbocycles. The van der Waals surface area contributed by atoms with Gasteiger partial charge in [-0.2, -0.15) is 5.10 Å². The highest BCUT2D eigenvalue weighted by atomic mass is 79.9. The molecule has 0 saturated carbocycles. The molecule has 0 aliphatic rings. The third kappa shape index (κ3) is 2.51. The van der Waals surface area contributed by atoms with E-state index in [2.05, 4.69) is 38.1 Å². The maximum Gasteiger partial charge on any atom is 0.157 e. The van der Waals surface area contributed by atoms with E-state index in [0.717, 1.165) is 38.2 Å². The quantitative estimate of drug-likeness (QED) is 0.709. The van der Waals surface area contributed by atoms with E-state index in [-0.39, 0.29) is 0 Å². The zero-order chi connectivity index (χ0) is 13.4. The number of hydrogen-bond donors (Lipinski definition) is 0. The fourth-order valence-corrected chi connectivity index (χ4v) is 2.70. The number of aryl methyl sites for hydroxylation is 1. The van der Waals surface area contributed by atoms with Crippen LogP contribution in [-0.4, -0.2) is 14.8 Å². The smallest absolute Gasteiger partial charge is 0.157 e. The number of nitrogens with zero attached hydrogens (tertiary/aromatic N) is 3. The first kappa shape index (κ1) is 12.6. The molecule has 0 saturated heterocycles. The predicted octanol–water partition coefficient (Wildman–Crippen LogP) is 3.98. The van der Waals surface area contributed by atoms with Crippen LogP contribution >= 0.6 is 27.5 Å². The van der Waals surface area contributed by atoms with E-state index in [1.54, 1.807) is 6.20 Å². The summed E-state index contributed by atoms with van der Waals surface area (Å²) in [7, 11) is 1.91. The van der Waals surface area contributed by atoms with Crippen LogP contribution in [0.4, 0.5) is 0 Å². The summed E-state index contributed by atoms with van der Waals surface area (Å²) in [6.45, 7) is 0. The van der Waals surface area contributed by atoms with E-state index in [0.29, 0.717) is 0 Å². The number of halogens is 2. The van der Waals surface area contributed by atoms with Crippen LogP contribution in [0.3, 0.4) is 0 Å². The molecule has 0 aliphatic carbocycles. The van der Waals surface area contributed by atoms with Crippen LogP contribution in [0.1, 0.15) is 11.3 Å². The third-order valence-corrected chi connectivity index (χ3v) is 3.65. The zero-order valence-corrected chi connectivity index (χ0v) is 12.6. The molecule has 0 fully saturated rings. The van der Waals surface area contributed by atoms with E-state index >= 15 is 0 Å². The Hall–Kier alpha value is -1.39. The van der Waals surface area contributed by atoms with Gasteiger partial charge in [0.05, 0.1) is 5.69 Å². The molecule has 5 heteroatoms. The van der Waals surface area contributed by atoms with Gasteiger partial charge in [-0.1, -0.05) is 23.7 Å². The van der Waals surface area contributed by atoms with Crippen LogP contribution in [0.2, 0.25) is 5.02 Å². The summed E-state index contributed by atoms with van der Waals surface area (Å²) >= 11 is 9.47. The van der Waals surface area contributed by atoms with Gasteiger partial charge in [-0.25, -0.2) is 4.98 Å². The molecular formula is C14H11BrClN3. The van der Waals surface area contributed by atoms with Crippen molar-refractivity contribution in [3.05, 3.63) is 57.3 Å². The minimum atomic E-state index is 0.746. The van der Waals surface area contributed by atoms with Crippen LogP contribution in [0, 0.1) is 0 Å². The van der Waals surface area contributed by atoms with Crippen LogP contribution in [-0.2, 0) is 13.5 Å². The number of fused-ring (bicyclic) bond motifs is 1. The molecule has 96 valence electrons. The molecule has 3 aromatic rings. The summed E-state index contributed by atoms with van der Waals surface area (Å²) < 4.78 is 2.77. The topological polar surface area (TPSA) is 30.7 Å². The molecule has 0 N–H and O–H groups in total. The highest BCUT2D eigenvalue weighted by molar-refractivity contribution is 9.10. The van der Waals surface area contributed by atoms with E-state index < -0.39 is 0 Å². The number of aromatic nitrogens is 3. The van der Waals surface area contributed by atoms with Crippen LogP contribution in [0.15, 0.2) is 41.0 Å². The molecule has 2 heterocycles. The molecule has 0 spiro atoms. The molecule has 0 bridgehead atoms. The first-order chi connectivity index (χ1) is 9.13. The van der Waals surface area contributed by atoms with Crippen molar-refractivity contribution >= 4 is 38.6 Å². The lowest BCUT2D eigenvalue weighted by Gasteiger charge is -2.00. The van der Waals surface area contributed by atoms with E-state index in [9.17, 15) is 0 Å². The Kier molecular flexibility index (Phi) is 3.29. The highest BCUT2D eigenvalue weighted by Gasteiger charge is 2.10. The zero-order valence-electron chi connectivity index (χ0n) is 10.3. The van der Waals surface area contributed by atoms with Crippen molar-refractivity contribution in [3.8, 4) is 0 Å². The first-order valence-corrected chi connectivity index (χ1v) is 7.02. The SMILES string of the molecule is Cn1nc(Cc2cccc(Cl)c2)c2cc(Br)cnc21. The Morgan fingerprint density at radius 3 is 2.95 bits per heavy atom. The van der Waals surface area contributed by atoms with Gasteiger partial charge in [-0.3, -0.25) is 4.68 Å². The average molecular weight is 337 g/mol. The van der Waals surface area contributed by atoms with Crippen molar-refractivity contribution in [1.82, 2.24) is 14.8 Å². The summed E-state index contributed by atoms with van der Waals surface area (Å²) in [5, 5.41) is 6.36. The lowest BCUT2D eigenvalue weighted by atomic mass is 10.1. The third-order valence-electron chi connectivity index (χ3n) is 2.98. The number of pyridine rings is 1. The van der Waals surface area contributed by atoms with Gasteiger partial charge in [0.1, 0.15) is 0 Å². The monoisotopic (exact) mass is 335 g/mol. The van der Waals surface area contributed by atoms with Crippen molar-refractivity contribution in [1.29, 1.82) is 0 Å². The lowest BCUT2D eigenvalue weighted by Crippen LogP contribution is -1.93. The molecule has 0 atom stereocenters. The largest absolute Gasteiger partial charge is 0.250 e. The maximum atomic E-state index is 6.01. The first-order valence-electron chi connectivity index (χ1n) is 5.85. The van der Waals surface area contributed by atoms with Gasteiger partial charge < -0.3 is 0 Å². The summed E-state index contributed by atoms with van der Waals surface area (Å²) in [5.41, 5.74) is 3.04. The highest BCUT2D eigenvalue weighted by Crippen LogP contribution is 2.23. The van der Waals surface area contributed by atoms with Crippen molar-refractivity contribution in [3.63, 3.8) is 0 Å². The Morgan fingerprint density at radius 1 is 1.32 bits per heavy atom. The Labute approximate surface area is 124 Å². The van der Waals surface area contributed by atoms with Gasteiger partial charge in [-0.05, 0) is 39.7 Å². The molecular weight excluding hydrogens is 326 g/mol. The van der Waals surface area contributed by atoms with Gasteiger partial charge in [0.25, 0.3) is 0 Å². The molecule has 0 amide bonds. The fraction of sp³-hybridized carbons (Fsp3) is 0.143. The molecule has 2 aromatic heterocycles. The maximum absolute atomic E-state index is 6.01. The molecule has 19 heavy (non-hydrogen) atoms. The normalized spacial score (nSPS) is 11.1. The van der Waals surface area contributed by atoms with Crippen LogP contribution in [0.5, 0.6) is 0 Å². The van der Waals surface area contributed by atoms with Gasteiger partial charge in [-0.15, -0.1) is 0 Å². The second-order valence-electron chi connectivity index (χ2n) is 4.40. The fourth-order valence-electron chi connectivity index (χ4n) is 2.16. The number of hydrogen-bond acceptors (Lipinski definition) is 2. The summed E-state index contributed by atoms with van der Waals surface area (Å²) in [6, 6.07) is 9.90. The molecule has 0 radical (unpaired) electrons. The second kappa shape index (κ2) is 4.94. The summed E-state index contributed by atoms with van der Waals surface area (Å²) in [5.74, 6) is 0. The van der Waals surface area contributed by atoms with Crippen molar-refractivity contribution in [2.75, 3.05) is 0 Å². The Morgan fingerprint density at radius 2 is 2.16 bits per heavy atom. The second-order valence-corrected chi connectivity index (χ2v) is 5.75. The molecule has 3 nitrogen and oxygen atoms in total. The average Bonchev–Trinajstić information content (AvgIpc) is 2.66. The van der Waals surface area contributed by atoms with Crippen LogP contribution < -0.4 is 0 Å². The Balaban J connectivity index is 2.08. The molecule has 0 unspecified atom stereocenters. The van der Waals surface area contributed by atoms with Crippen molar-refractivity contribution < 1.29 is 0 Å². The van der Waals surface area contributed by atoms with Gasteiger partial charge in [0.2, 0.25) is 0 Å². The predicted molar refractivity (Wildman–Crippen MR) is 80.5 cm³/mol. The van der Waals surface area contributed by atoms with Crippen molar-refractivity contribution in [2.24, 2.45) is 7.05 Å². The van der Waals surface area contributed by atoms with Crippen LogP contribution in [0.25, 0.3) is 11.0 Å². The van der Waals surface area contributed by atoms with Gasteiger partial charge in [0.15, 0.2) is 5.65 Å². The van der Waals surface area contributed by atoms with E-state index in [1.807, 2.05) is 29.9 Å². The summed E-state index contributed by atoms with van der Waals surface area (Å²) in [6.07, 6.45) is 2.53. The van der Waals surface area contributed by atoms with Gasteiger partial charge in [0, 0.05) is 34.5 Å². The number of benzene rings is 1. The number of rotatable bonds is 2. The lowest BCUT2D eigenvalue weighted by molar-refractivity contribution is 0.765. The minimum absolute atomic E-state index is 0.746. The van der Waals surface area contributed by atoms with Gasteiger partial charge >= 0.3 is 0 Å².